The van der Waals surface area contributed by atoms with E-state index in [1.54, 1.807) is 12.1 Å². The number of aryl methyl sites for hydroxylation is 1. The molecule has 0 amide bonds. The lowest BCUT2D eigenvalue weighted by Gasteiger charge is -2.16. The van der Waals surface area contributed by atoms with Crippen molar-refractivity contribution in [3.05, 3.63) is 65.7 Å². The van der Waals surface area contributed by atoms with Gasteiger partial charge in [-0.3, -0.25) is 4.79 Å². The summed E-state index contributed by atoms with van der Waals surface area (Å²) in [6, 6.07) is 15.3. The van der Waals surface area contributed by atoms with Crippen LogP contribution < -0.4 is 4.72 Å². The van der Waals surface area contributed by atoms with E-state index in [-0.39, 0.29) is 10.6 Å². The SMILES string of the molecule is COC(=O)C(CSCc1ccccc1)NS(=O)(=O)c1ccc(C)cc1. The summed E-state index contributed by atoms with van der Waals surface area (Å²) in [5, 5.41) is 0. The first kappa shape index (κ1) is 19.5. The average molecular weight is 380 g/mol. The van der Waals surface area contributed by atoms with Crippen LogP contribution in [0.5, 0.6) is 0 Å². The summed E-state index contributed by atoms with van der Waals surface area (Å²) >= 11 is 1.47. The van der Waals surface area contributed by atoms with Crippen molar-refractivity contribution in [2.75, 3.05) is 12.9 Å². The second-order valence-electron chi connectivity index (χ2n) is 5.51. The van der Waals surface area contributed by atoms with Gasteiger partial charge in [-0.15, -0.1) is 0 Å². The first-order valence-electron chi connectivity index (χ1n) is 7.71. The number of carbonyl (C=O) groups excluding carboxylic acids is 1. The Balaban J connectivity index is 2.04. The summed E-state index contributed by atoms with van der Waals surface area (Å²) in [7, 11) is -2.54. The third kappa shape index (κ3) is 5.88. The highest BCUT2D eigenvalue weighted by molar-refractivity contribution is 7.98. The van der Waals surface area contributed by atoms with Crippen molar-refractivity contribution in [2.45, 2.75) is 23.6 Å². The molecule has 1 unspecified atom stereocenters. The van der Waals surface area contributed by atoms with Gasteiger partial charge in [0.05, 0.1) is 12.0 Å². The third-order valence-corrected chi connectivity index (χ3v) is 6.10. The summed E-state index contributed by atoms with van der Waals surface area (Å²) in [5.74, 6) is 0.365. The molecule has 2 aromatic rings. The second-order valence-corrected chi connectivity index (χ2v) is 8.26. The summed E-state index contributed by atoms with van der Waals surface area (Å²) in [6.07, 6.45) is 0. The molecule has 2 aromatic carbocycles. The molecule has 134 valence electrons. The minimum atomic E-state index is -3.79. The fourth-order valence-electron chi connectivity index (χ4n) is 2.13. The van der Waals surface area contributed by atoms with Crippen LogP contribution in [0.3, 0.4) is 0 Å². The van der Waals surface area contributed by atoms with Crippen LogP contribution in [0.15, 0.2) is 59.5 Å². The molecule has 0 heterocycles. The molecule has 0 aromatic heterocycles. The maximum absolute atomic E-state index is 12.5. The lowest BCUT2D eigenvalue weighted by Crippen LogP contribution is -2.43. The molecule has 0 bridgehead atoms. The first-order valence-corrected chi connectivity index (χ1v) is 10.3. The fraction of sp³-hybridized carbons (Fsp3) is 0.278. The van der Waals surface area contributed by atoms with Gasteiger partial charge in [-0.2, -0.15) is 16.5 Å². The number of hydrogen-bond acceptors (Lipinski definition) is 5. The molecule has 5 nitrogen and oxygen atoms in total. The minimum Gasteiger partial charge on any atom is -0.468 e. The molecule has 0 aliphatic heterocycles. The van der Waals surface area contributed by atoms with Gasteiger partial charge < -0.3 is 4.74 Å². The highest BCUT2D eigenvalue weighted by Gasteiger charge is 2.26. The van der Waals surface area contributed by atoms with Gasteiger partial charge in [0.25, 0.3) is 0 Å². The van der Waals surface area contributed by atoms with Crippen LogP contribution in [-0.2, 0) is 25.3 Å². The van der Waals surface area contributed by atoms with Crippen LogP contribution >= 0.6 is 11.8 Å². The van der Waals surface area contributed by atoms with E-state index in [4.69, 9.17) is 4.74 Å². The van der Waals surface area contributed by atoms with Gasteiger partial charge in [0, 0.05) is 11.5 Å². The maximum atomic E-state index is 12.5. The fourth-order valence-corrected chi connectivity index (χ4v) is 4.43. The molecule has 1 atom stereocenters. The van der Waals surface area contributed by atoms with E-state index in [9.17, 15) is 13.2 Å². The largest absolute Gasteiger partial charge is 0.468 e. The van der Waals surface area contributed by atoms with E-state index < -0.39 is 22.0 Å². The Bertz CT molecular complexity index is 790. The Morgan fingerprint density at radius 2 is 1.76 bits per heavy atom. The van der Waals surface area contributed by atoms with Gasteiger partial charge in [0.1, 0.15) is 6.04 Å². The molecule has 0 saturated heterocycles. The van der Waals surface area contributed by atoms with Crippen LogP contribution in [0.2, 0.25) is 0 Å². The van der Waals surface area contributed by atoms with Crippen LogP contribution in [0, 0.1) is 6.92 Å². The normalized spacial score (nSPS) is 12.6. The lowest BCUT2D eigenvalue weighted by molar-refractivity contribution is -0.141. The molecule has 2 rings (SSSR count). The van der Waals surface area contributed by atoms with Crippen molar-refractivity contribution in [3.63, 3.8) is 0 Å². The third-order valence-electron chi connectivity index (χ3n) is 3.51. The number of methoxy groups -OCH3 is 1. The van der Waals surface area contributed by atoms with E-state index in [1.807, 2.05) is 37.3 Å². The number of nitrogens with one attached hydrogen (secondary N) is 1. The number of hydrogen-bond donors (Lipinski definition) is 1. The molecule has 0 radical (unpaired) electrons. The highest BCUT2D eigenvalue weighted by atomic mass is 32.2. The van der Waals surface area contributed by atoms with E-state index in [0.29, 0.717) is 5.75 Å². The van der Waals surface area contributed by atoms with Crippen molar-refractivity contribution in [1.82, 2.24) is 4.72 Å². The van der Waals surface area contributed by atoms with E-state index in [1.165, 1.54) is 31.0 Å². The zero-order chi connectivity index (χ0) is 18.3. The zero-order valence-corrected chi connectivity index (χ0v) is 15.8. The van der Waals surface area contributed by atoms with Gasteiger partial charge in [-0.1, -0.05) is 48.0 Å². The van der Waals surface area contributed by atoms with Gasteiger partial charge in [0.2, 0.25) is 10.0 Å². The Labute approximate surface area is 152 Å². The summed E-state index contributed by atoms with van der Waals surface area (Å²) < 4.78 is 32.1. The smallest absolute Gasteiger partial charge is 0.324 e. The molecule has 0 fully saturated rings. The predicted molar refractivity (Wildman–Crippen MR) is 99.9 cm³/mol. The van der Waals surface area contributed by atoms with Crippen molar-refractivity contribution in [2.24, 2.45) is 0 Å². The first-order chi connectivity index (χ1) is 11.9. The van der Waals surface area contributed by atoms with Crippen LogP contribution in [-0.4, -0.2) is 33.3 Å². The molecule has 25 heavy (non-hydrogen) atoms. The molecule has 0 spiro atoms. The summed E-state index contributed by atoms with van der Waals surface area (Å²) in [4.78, 5) is 12.1. The van der Waals surface area contributed by atoms with Gasteiger partial charge in [0.15, 0.2) is 0 Å². The minimum absolute atomic E-state index is 0.125. The van der Waals surface area contributed by atoms with Crippen LogP contribution in [0.1, 0.15) is 11.1 Å². The Hall–Kier alpha value is -1.83. The van der Waals surface area contributed by atoms with Gasteiger partial charge >= 0.3 is 5.97 Å². The number of thioether (sulfide) groups is 1. The number of carbonyl (C=O) groups is 1. The van der Waals surface area contributed by atoms with E-state index >= 15 is 0 Å². The Kier molecular flexibility index (Phi) is 7.04. The average Bonchev–Trinajstić information content (AvgIpc) is 2.61. The van der Waals surface area contributed by atoms with Crippen LogP contribution in [0.4, 0.5) is 0 Å². The second kappa shape index (κ2) is 9.03. The quantitative estimate of drug-likeness (QED) is 0.714. The van der Waals surface area contributed by atoms with Crippen LogP contribution in [0.25, 0.3) is 0 Å². The molecular formula is C18H21NO4S2. The van der Waals surface area contributed by atoms with Crippen molar-refractivity contribution >= 4 is 27.8 Å². The van der Waals surface area contributed by atoms with E-state index in [0.717, 1.165) is 11.1 Å². The zero-order valence-electron chi connectivity index (χ0n) is 14.1. The summed E-state index contributed by atoms with van der Waals surface area (Å²) in [6.45, 7) is 1.88. The van der Waals surface area contributed by atoms with Crippen molar-refractivity contribution < 1.29 is 17.9 Å². The number of sulfonamides is 1. The van der Waals surface area contributed by atoms with Crippen molar-refractivity contribution in [1.29, 1.82) is 0 Å². The van der Waals surface area contributed by atoms with Gasteiger partial charge in [-0.05, 0) is 24.6 Å². The monoisotopic (exact) mass is 379 g/mol. The number of benzene rings is 2. The van der Waals surface area contributed by atoms with E-state index in [2.05, 4.69) is 4.72 Å². The number of esters is 1. The molecule has 0 aliphatic rings. The topological polar surface area (TPSA) is 72.5 Å². The lowest BCUT2D eigenvalue weighted by atomic mass is 10.2. The molecule has 1 N–H and O–H groups in total. The van der Waals surface area contributed by atoms with Crippen molar-refractivity contribution in [3.8, 4) is 0 Å². The van der Waals surface area contributed by atoms with Gasteiger partial charge in [-0.25, -0.2) is 8.42 Å². The summed E-state index contributed by atoms with van der Waals surface area (Å²) in [5.41, 5.74) is 2.07. The number of ether oxygens (including phenoxy) is 1. The molecule has 7 heteroatoms. The maximum Gasteiger partial charge on any atom is 0.324 e. The predicted octanol–water partition coefficient (Wildman–Crippen LogP) is 2.75. The molecule has 0 saturated carbocycles. The number of rotatable bonds is 8. The Morgan fingerprint density at radius 1 is 1.12 bits per heavy atom. The highest BCUT2D eigenvalue weighted by Crippen LogP contribution is 2.16. The standard InChI is InChI=1S/C18H21NO4S2/c1-14-8-10-16(11-9-14)25(21,22)19-17(18(20)23-2)13-24-12-15-6-4-3-5-7-15/h3-11,17,19H,12-13H2,1-2H3. The molecular weight excluding hydrogens is 358 g/mol. The Morgan fingerprint density at radius 3 is 2.36 bits per heavy atom. The molecule has 0 aliphatic carbocycles.